The van der Waals surface area contributed by atoms with E-state index in [1.807, 2.05) is 32.3 Å². The predicted octanol–water partition coefficient (Wildman–Crippen LogP) is 2.86. The Labute approximate surface area is 135 Å². The Morgan fingerprint density at radius 2 is 2.05 bits per heavy atom. The Hall–Kier alpha value is -1.45. The number of aromatic nitrogens is 1. The summed E-state index contributed by atoms with van der Waals surface area (Å²) in [7, 11) is 0. The van der Waals surface area contributed by atoms with Crippen molar-refractivity contribution in [3.8, 4) is 6.07 Å². The molecule has 0 spiro atoms. The van der Waals surface area contributed by atoms with Crippen molar-refractivity contribution < 1.29 is 14.1 Å². The Morgan fingerprint density at radius 3 is 2.57 bits per heavy atom. The molecule has 0 aliphatic rings. The highest BCUT2D eigenvalue weighted by Gasteiger charge is 2.16. The first-order chi connectivity index (χ1) is 9.97. The van der Waals surface area contributed by atoms with Crippen LogP contribution < -0.4 is 4.57 Å². The minimum absolute atomic E-state index is 0.233. The lowest BCUT2D eigenvalue weighted by Crippen LogP contribution is -2.32. The normalized spacial score (nSPS) is 11.6. The largest absolute Gasteiger partial charge is 0.466 e. The van der Waals surface area contributed by atoms with Crippen LogP contribution in [0.5, 0.6) is 0 Å². The number of carbonyl (C=O) groups is 1. The maximum absolute atomic E-state index is 11.3. The number of hydrogen-bond donors (Lipinski definition) is 1. The third-order valence-electron chi connectivity index (χ3n) is 2.56. The van der Waals surface area contributed by atoms with Gasteiger partial charge in [-0.25, -0.2) is 0 Å². The highest BCUT2D eigenvalue weighted by Crippen LogP contribution is 2.24. The van der Waals surface area contributed by atoms with Crippen LogP contribution in [0.4, 0.5) is 0 Å². The molecule has 4 nitrogen and oxygen atoms in total. The first kappa shape index (κ1) is 17.6. The average molecular weight is 323 g/mol. The van der Waals surface area contributed by atoms with Crippen LogP contribution in [0.3, 0.4) is 0 Å². The van der Waals surface area contributed by atoms with E-state index in [0.717, 1.165) is 11.1 Å². The van der Waals surface area contributed by atoms with Gasteiger partial charge in [-0.1, -0.05) is 0 Å². The van der Waals surface area contributed by atoms with Crippen molar-refractivity contribution in [1.29, 1.82) is 5.26 Å². The molecule has 21 heavy (non-hydrogen) atoms. The molecule has 0 unspecified atom stereocenters. The van der Waals surface area contributed by atoms with Gasteiger partial charge in [-0.3, -0.25) is 4.79 Å². The van der Waals surface area contributed by atoms with Crippen molar-refractivity contribution in [2.45, 2.75) is 27.2 Å². The van der Waals surface area contributed by atoms with Crippen molar-refractivity contribution in [2.24, 2.45) is 0 Å². The van der Waals surface area contributed by atoms with Crippen LogP contribution in [-0.2, 0) is 9.53 Å². The number of nitriles is 1. The highest BCUT2D eigenvalue weighted by molar-refractivity contribution is 8.15. The van der Waals surface area contributed by atoms with Crippen LogP contribution >= 0.6 is 24.4 Å². The molecule has 0 aromatic carbocycles. The number of thioether (sulfide) groups is 1. The Balaban J connectivity index is 2.81. The third kappa shape index (κ3) is 5.82. The van der Waals surface area contributed by atoms with Crippen LogP contribution in [0, 0.1) is 25.2 Å². The van der Waals surface area contributed by atoms with Gasteiger partial charge in [0.2, 0.25) is 0 Å². The number of nitrogens with zero attached hydrogens (tertiary/aromatic N) is 2. The van der Waals surface area contributed by atoms with E-state index in [0.29, 0.717) is 28.7 Å². The first-order valence-corrected chi connectivity index (χ1v) is 8.03. The van der Waals surface area contributed by atoms with Crippen molar-refractivity contribution in [3.05, 3.63) is 33.8 Å². The lowest BCUT2D eigenvalue weighted by atomic mass is 10.2. The molecule has 0 radical (unpaired) electrons. The molecule has 0 fully saturated rings. The van der Waals surface area contributed by atoms with Gasteiger partial charge in [-0.05, 0) is 26.8 Å². The van der Waals surface area contributed by atoms with E-state index in [-0.39, 0.29) is 5.97 Å². The lowest BCUT2D eigenvalue weighted by molar-refractivity contribution is -0.578. The Bertz CT molecular complexity index is 572. The van der Waals surface area contributed by atoms with Crippen molar-refractivity contribution in [3.63, 3.8) is 0 Å². The molecule has 0 bridgehead atoms. The quantitative estimate of drug-likeness (QED) is 0.378. The summed E-state index contributed by atoms with van der Waals surface area (Å²) in [6.07, 6.45) is 4.07. The Kier molecular flexibility index (Phi) is 7.34. The number of hydrogen-bond acceptors (Lipinski definition) is 5. The number of allylic oxidation sites excluding steroid dienone is 1. The monoisotopic (exact) mass is 323 g/mol. The minimum atomic E-state index is -0.233. The number of ether oxygens (including phenoxy) is 1. The molecule has 0 aliphatic carbocycles. The zero-order valence-electron chi connectivity index (χ0n) is 12.4. The maximum Gasteiger partial charge on any atom is 0.308 e. The summed E-state index contributed by atoms with van der Waals surface area (Å²) in [4.78, 5) is 11.3. The molecule has 0 saturated heterocycles. The van der Waals surface area contributed by atoms with Gasteiger partial charge in [0, 0.05) is 16.9 Å². The standard InChI is InChI=1S/C15H18N2O2S2/c1-4-19-14(18)5-6-21-15(20)13(8-16)17-9-11(2)7-12(3)10-17/h7,9-10H,4-6H2,1-3H3/p+1/b15-13+. The number of esters is 1. The van der Waals surface area contributed by atoms with Gasteiger partial charge in [0.05, 0.1) is 13.0 Å². The fraction of sp³-hybridized carbons (Fsp3) is 0.400. The van der Waals surface area contributed by atoms with Crippen molar-refractivity contribution in [2.75, 3.05) is 12.4 Å². The molecule has 0 saturated carbocycles. The number of thiol groups is 1. The molecule has 0 N–H and O–H groups in total. The lowest BCUT2D eigenvalue weighted by Gasteiger charge is -2.03. The maximum atomic E-state index is 11.3. The summed E-state index contributed by atoms with van der Waals surface area (Å²) in [5.41, 5.74) is 2.60. The minimum Gasteiger partial charge on any atom is -0.466 e. The molecule has 6 heteroatoms. The van der Waals surface area contributed by atoms with Crippen LogP contribution in [0.1, 0.15) is 24.5 Å². The highest BCUT2D eigenvalue weighted by atomic mass is 32.2. The second-order valence-corrected chi connectivity index (χ2v) is 6.32. The number of aryl methyl sites for hydroxylation is 2. The zero-order valence-corrected chi connectivity index (χ0v) is 14.1. The summed E-state index contributed by atoms with van der Waals surface area (Å²) in [6, 6.07) is 4.20. The predicted molar refractivity (Wildman–Crippen MR) is 87.6 cm³/mol. The summed E-state index contributed by atoms with van der Waals surface area (Å²) in [6.45, 7) is 6.11. The number of rotatable bonds is 6. The second-order valence-electron chi connectivity index (χ2n) is 4.47. The van der Waals surface area contributed by atoms with Crippen LogP contribution in [0.15, 0.2) is 22.7 Å². The molecule has 0 amide bonds. The zero-order chi connectivity index (χ0) is 15.8. The molecule has 1 aromatic heterocycles. The van der Waals surface area contributed by atoms with Gasteiger partial charge in [0.1, 0.15) is 4.24 Å². The van der Waals surface area contributed by atoms with E-state index < -0.39 is 0 Å². The van der Waals surface area contributed by atoms with E-state index in [1.54, 1.807) is 11.5 Å². The number of carbonyl (C=O) groups excluding carboxylic acids is 1. The van der Waals surface area contributed by atoms with E-state index in [9.17, 15) is 10.1 Å². The molecule has 1 rings (SSSR count). The third-order valence-corrected chi connectivity index (χ3v) is 4.03. The smallest absolute Gasteiger partial charge is 0.308 e. The van der Waals surface area contributed by atoms with Crippen LogP contribution in [-0.4, -0.2) is 18.3 Å². The topological polar surface area (TPSA) is 54.0 Å². The van der Waals surface area contributed by atoms with E-state index in [4.69, 9.17) is 4.74 Å². The first-order valence-electron chi connectivity index (χ1n) is 6.59. The summed E-state index contributed by atoms with van der Waals surface area (Å²) < 4.78 is 7.23. The van der Waals surface area contributed by atoms with E-state index >= 15 is 0 Å². The molecular weight excluding hydrogens is 304 g/mol. The fourth-order valence-corrected chi connectivity index (χ4v) is 2.98. The SMILES string of the molecule is CCOC(=O)CCS/C(S)=C(\C#N)[n+]1cc(C)cc(C)c1. The van der Waals surface area contributed by atoms with E-state index in [2.05, 4.69) is 18.7 Å². The van der Waals surface area contributed by atoms with Gasteiger partial charge < -0.3 is 4.74 Å². The average Bonchev–Trinajstić information content (AvgIpc) is 2.38. The molecule has 0 aliphatic heterocycles. The van der Waals surface area contributed by atoms with Gasteiger partial charge >= 0.3 is 11.7 Å². The second kappa shape index (κ2) is 8.75. The number of pyridine rings is 1. The molecule has 0 atom stereocenters. The van der Waals surface area contributed by atoms with Gasteiger partial charge in [0.25, 0.3) is 0 Å². The molecule has 112 valence electrons. The summed E-state index contributed by atoms with van der Waals surface area (Å²) in [5, 5.41) is 9.34. The van der Waals surface area contributed by atoms with Crippen LogP contribution in [0.25, 0.3) is 5.70 Å². The van der Waals surface area contributed by atoms with Gasteiger partial charge in [-0.15, -0.1) is 24.4 Å². The molecule has 1 heterocycles. The summed E-state index contributed by atoms with van der Waals surface area (Å²) in [5.74, 6) is 0.303. The molecular formula is C15H19N2O2S2+. The van der Waals surface area contributed by atoms with Crippen molar-refractivity contribution >= 4 is 36.1 Å². The van der Waals surface area contributed by atoms with Gasteiger partial charge in [-0.2, -0.15) is 9.83 Å². The summed E-state index contributed by atoms with van der Waals surface area (Å²) >= 11 is 5.76. The Morgan fingerprint density at radius 1 is 1.43 bits per heavy atom. The van der Waals surface area contributed by atoms with E-state index in [1.165, 1.54) is 11.8 Å². The fourth-order valence-electron chi connectivity index (χ4n) is 1.79. The van der Waals surface area contributed by atoms with Gasteiger partial charge in [0.15, 0.2) is 18.5 Å². The molecule has 1 aromatic rings. The van der Waals surface area contributed by atoms with Crippen LogP contribution in [0.2, 0.25) is 0 Å². The van der Waals surface area contributed by atoms with Crippen molar-refractivity contribution in [1.82, 2.24) is 0 Å².